The van der Waals surface area contributed by atoms with Gasteiger partial charge < -0.3 is 0 Å². The van der Waals surface area contributed by atoms with Crippen LogP contribution in [0.2, 0.25) is 0 Å². The number of alkyl halides is 3. The van der Waals surface area contributed by atoms with Crippen LogP contribution >= 0.6 is 43.2 Å². The van der Waals surface area contributed by atoms with Crippen LogP contribution < -0.4 is 5.32 Å². The van der Waals surface area contributed by atoms with Crippen molar-refractivity contribution in [2.24, 2.45) is 0 Å². The second-order valence-electron chi connectivity index (χ2n) is 3.77. The Kier molecular flexibility index (Phi) is 3.42. The van der Waals surface area contributed by atoms with Gasteiger partial charge >= 0.3 is 6.18 Å². The quantitative estimate of drug-likeness (QED) is 0.818. The first kappa shape index (κ1) is 12.9. The maximum Gasteiger partial charge on any atom is 0.406 e. The third-order valence-electron chi connectivity index (χ3n) is 2.59. The molecule has 1 aliphatic rings. The van der Waals surface area contributed by atoms with Crippen LogP contribution in [0, 0.1) is 0 Å². The van der Waals surface area contributed by atoms with E-state index in [1.165, 1.54) is 11.3 Å². The van der Waals surface area contributed by atoms with Gasteiger partial charge in [0.05, 0.1) is 3.79 Å². The van der Waals surface area contributed by atoms with Gasteiger partial charge in [-0.05, 0) is 50.8 Å². The van der Waals surface area contributed by atoms with Gasteiger partial charge in [0.2, 0.25) is 0 Å². The summed E-state index contributed by atoms with van der Waals surface area (Å²) in [6.45, 7) is 0.258. The number of nitrogens with one attached hydrogen (secondary N) is 1. The van der Waals surface area contributed by atoms with Gasteiger partial charge in [0, 0.05) is 15.9 Å². The maximum absolute atomic E-state index is 12.6. The normalized spacial score (nSPS) is 18.8. The molecule has 1 fully saturated rings. The molecule has 7 heteroatoms. The lowest BCUT2D eigenvalue weighted by molar-refractivity contribution is -0.166. The molecule has 1 aromatic rings. The van der Waals surface area contributed by atoms with E-state index in [0.29, 0.717) is 0 Å². The van der Waals surface area contributed by atoms with E-state index in [1.807, 2.05) is 6.07 Å². The van der Waals surface area contributed by atoms with Crippen molar-refractivity contribution in [2.75, 3.05) is 0 Å². The molecule has 0 radical (unpaired) electrons. The predicted octanol–water partition coefficient (Wildman–Crippen LogP) is 4.46. The minimum atomic E-state index is -4.14. The first-order chi connectivity index (χ1) is 7.34. The molecule has 0 atom stereocenters. The summed E-state index contributed by atoms with van der Waals surface area (Å²) in [5, 5.41) is 2.61. The smallest absolute Gasteiger partial charge is 0.299 e. The Morgan fingerprint density at radius 3 is 2.38 bits per heavy atom. The van der Waals surface area contributed by atoms with Crippen LogP contribution in [0.15, 0.2) is 14.3 Å². The van der Waals surface area contributed by atoms with Crippen molar-refractivity contribution in [2.45, 2.75) is 31.1 Å². The van der Waals surface area contributed by atoms with Gasteiger partial charge in [0.25, 0.3) is 0 Å². The topological polar surface area (TPSA) is 12.0 Å². The van der Waals surface area contributed by atoms with E-state index in [2.05, 4.69) is 37.2 Å². The van der Waals surface area contributed by atoms with Crippen molar-refractivity contribution in [3.63, 3.8) is 0 Å². The van der Waals surface area contributed by atoms with Crippen LogP contribution in [-0.4, -0.2) is 11.7 Å². The molecule has 16 heavy (non-hydrogen) atoms. The molecule has 0 spiro atoms. The fourth-order valence-corrected chi connectivity index (χ4v) is 3.54. The zero-order chi connectivity index (χ0) is 12.0. The third-order valence-corrected chi connectivity index (χ3v) is 5.85. The number of rotatable bonds is 3. The Hall–Kier alpha value is 0.410. The summed E-state index contributed by atoms with van der Waals surface area (Å²) < 4.78 is 39.6. The fraction of sp³-hybridized carbons (Fsp3) is 0.556. The monoisotopic (exact) mass is 377 g/mol. The summed E-state index contributed by atoms with van der Waals surface area (Å²) >= 11 is 8.05. The highest BCUT2D eigenvalue weighted by molar-refractivity contribution is 9.13. The Labute approximate surface area is 112 Å². The van der Waals surface area contributed by atoms with Crippen molar-refractivity contribution < 1.29 is 13.2 Å². The molecule has 1 aliphatic carbocycles. The Balaban J connectivity index is 1.98. The number of halogens is 5. The summed E-state index contributed by atoms with van der Waals surface area (Å²) in [5.41, 5.74) is -1.63. The minimum Gasteiger partial charge on any atom is -0.299 e. The maximum atomic E-state index is 12.6. The summed E-state index contributed by atoms with van der Waals surface area (Å²) in [5.74, 6) is 0. The highest BCUT2D eigenvalue weighted by Crippen LogP contribution is 2.49. The molecule has 0 aliphatic heterocycles. The van der Waals surface area contributed by atoms with E-state index in [9.17, 15) is 13.2 Å². The van der Waals surface area contributed by atoms with Crippen molar-refractivity contribution in [3.8, 4) is 0 Å². The van der Waals surface area contributed by atoms with Crippen LogP contribution in [-0.2, 0) is 6.54 Å². The first-order valence-corrected chi connectivity index (χ1v) is 7.00. The lowest BCUT2D eigenvalue weighted by Crippen LogP contribution is -2.44. The summed E-state index contributed by atoms with van der Waals surface area (Å²) in [7, 11) is 0. The van der Waals surface area contributed by atoms with Crippen LogP contribution in [0.4, 0.5) is 13.2 Å². The van der Waals surface area contributed by atoms with Gasteiger partial charge in [0.15, 0.2) is 0 Å². The molecule has 2 rings (SSSR count). The zero-order valence-corrected chi connectivity index (χ0v) is 12.0. The SMILES string of the molecule is FC(F)(F)C1(NCc2cc(Br)c(Br)s2)CC1. The van der Waals surface area contributed by atoms with Crippen molar-refractivity contribution in [1.82, 2.24) is 5.32 Å². The number of hydrogen-bond donors (Lipinski definition) is 1. The molecule has 1 nitrogen and oxygen atoms in total. The third kappa shape index (κ3) is 2.47. The molecule has 90 valence electrons. The van der Waals surface area contributed by atoms with Gasteiger partial charge in [0.1, 0.15) is 5.54 Å². The van der Waals surface area contributed by atoms with Crippen molar-refractivity contribution >= 4 is 43.2 Å². The van der Waals surface area contributed by atoms with Gasteiger partial charge in [-0.3, -0.25) is 5.32 Å². The van der Waals surface area contributed by atoms with Gasteiger partial charge in [-0.1, -0.05) is 0 Å². The largest absolute Gasteiger partial charge is 0.406 e. The minimum absolute atomic E-state index is 0.185. The van der Waals surface area contributed by atoms with Crippen molar-refractivity contribution in [3.05, 3.63) is 19.2 Å². The van der Waals surface area contributed by atoms with E-state index < -0.39 is 11.7 Å². The highest BCUT2D eigenvalue weighted by atomic mass is 79.9. The van der Waals surface area contributed by atoms with E-state index in [4.69, 9.17) is 0 Å². The van der Waals surface area contributed by atoms with Crippen LogP contribution in [0.3, 0.4) is 0 Å². The molecule has 0 amide bonds. The molecule has 1 heterocycles. The van der Waals surface area contributed by atoms with Gasteiger partial charge in [-0.2, -0.15) is 13.2 Å². The summed E-state index contributed by atoms with van der Waals surface area (Å²) in [4.78, 5) is 0.884. The Bertz CT molecular complexity index is 378. The lowest BCUT2D eigenvalue weighted by Gasteiger charge is -2.20. The van der Waals surface area contributed by atoms with Crippen LogP contribution in [0.5, 0.6) is 0 Å². The first-order valence-electron chi connectivity index (χ1n) is 4.59. The summed E-state index contributed by atoms with van der Waals surface area (Å²) in [6, 6.07) is 1.83. The molecule has 0 unspecified atom stereocenters. The van der Waals surface area contributed by atoms with Crippen LogP contribution in [0.1, 0.15) is 17.7 Å². The van der Waals surface area contributed by atoms with E-state index in [1.54, 1.807) is 0 Å². The predicted molar refractivity (Wildman–Crippen MR) is 64.6 cm³/mol. The van der Waals surface area contributed by atoms with Crippen molar-refractivity contribution in [1.29, 1.82) is 0 Å². The zero-order valence-electron chi connectivity index (χ0n) is 8.00. The molecule has 0 bridgehead atoms. The number of thiophene rings is 1. The van der Waals surface area contributed by atoms with Gasteiger partial charge in [-0.15, -0.1) is 11.3 Å². The second-order valence-corrected chi connectivity index (χ2v) is 7.08. The van der Waals surface area contributed by atoms with Crippen LogP contribution in [0.25, 0.3) is 0 Å². The lowest BCUT2D eigenvalue weighted by atomic mass is 10.2. The molecule has 1 saturated carbocycles. The summed E-state index contributed by atoms with van der Waals surface area (Å²) in [6.07, 6.45) is -3.77. The number of hydrogen-bond acceptors (Lipinski definition) is 2. The molecular formula is C9H8Br2F3NS. The second kappa shape index (κ2) is 4.26. The molecular weight excluding hydrogens is 371 g/mol. The molecule has 0 aromatic carbocycles. The molecule has 1 N–H and O–H groups in total. The van der Waals surface area contributed by atoms with Gasteiger partial charge in [-0.25, -0.2) is 0 Å². The highest BCUT2D eigenvalue weighted by Gasteiger charge is 2.62. The average molecular weight is 379 g/mol. The fourth-order valence-electron chi connectivity index (χ4n) is 1.42. The van der Waals surface area contributed by atoms with E-state index >= 15 is 0 Å². The van der Waals surface area contributed by atoms with E-state index in [-0.39, 0.29) is 19.4 Å². The molecule has 1 aromatic heterocycles. The van der Waals surface area contributed by atoms with E-state index in [0.717, 1.165) is 13.1 Å². The Morgan fingerprint density at radius 1 is 1.38 bits per heavy atom. The molecule has 0 saturated heterocycles. The average Bonchev–Trinajstić information content (AvgIpc) is 2.88. The Morgan fingerprint density at radius 2 is 2.00 bits per heavy atom. The standard InChI is InChI=1S/C9H8Br2F3NS/c10-6-3-5(16-7(6)11)4-15-8(1-2-8)9(12,13)14/h3,15H,1-2,4H2.